The first-order valence-electron chi connectivity index (χ1n) is 7.29. The Hall–Kier alpha value is -2.62. The number of unbranched alkanes of at least 4 members (excludes halogenated alkanes) is 1. The van der Waals surface area contributed by atoms with E-state index < -0.39 is 0 Å². The highest BCUT2D eigenvalue weighted by Crippen LogP contribution is 2.15. The fourth-order valence-corrected chi connectivity index (χ4v) is 1.79. The lowest BCUT2D eigenvalue weighted by atomic mass is 10.2. The van der Waals surface area contributed by atoms with Gasteiger partial charge in [0.2, 0.25) is 0 Å². The zero-order chi connectivity index (χ0) is 15.8. The maximum atomic E-state index is 11.8. The molecule has 0 amide bonds. The van der Waals surface area contributed by atoms with Crippen LogP contribution < -0.4 is 0 Å². The van der Waals surface area contributed by atoms with Gasteiger partial charge in [-0.15, -0.1) is 0 Å². The van der Waals surface area contributed by atoms with Gasteiger partial charge in [-0.1, -0.05) is 13.3 Å². The van der Waals surface area contributed by atoms with Crippen LogP contribution in [0.15, 0.2) is 53.5 Å². The molecule has 22 heavy (non-hydrogen) atoms. The molecular formula is C18H19NO3. The van der Waals surface area contributed by atoms with Gasteiger partial charge in [0.05, 0.1) is 17.9 Å². The molecule has 0 radical (unpaired) electrons. The highest BCUT2D eigenvalue weighted by Gasteiger charge is 2.05. The Morgan fingerprint density at radius 2 is 1.82 bits per heavy atom. The van der Waals surface area contributed by atoms with Crippen molar-refractivity contribution in [1.82, 2.24) is 0 Å². The summed E-state index contributed by atoms with van der Waals surface area (Å²) in [4.78, 5) is 16.1. The first kappa shape index (κ1) is 15.8. The summed E-state index contributed by atoms with van der Waals surface area (Å²) in [6.07, 6.45) is 3.58. The second kappa shape index (κ2) is 7.98. The number of hydrogen-bond acceptors (Lipinski definition) is 4. The number of nitrogens with zero attached hydrogens (tertiary/aromatic N) is 1. The van der Waals surface area contributed by atoms with Crippen molar-refractivity contribution >= 4 is 17.9 Å². The van der Waals surface area contributed by atoms with E-state index in [0.29, 0.717) is 12.2 Å². The normalized spacial score (nSPS) is 10.8. The van der Waals surface area contributed by atoms with Crippen LogP contribution in [0.25, 0.3) is 0 Å². The van der Waals surface area contributed by atoms with Gasteiger partial charge < -0.3 is 9.84 Å². The average Bonchev–Trinajstić information content (AvgIpc) is 2.55. The van der Waals surface area contributed by atoms with E-state index in [-0.39, 0.29) is 11.7 Å². The molecule has 2 aromatic rings. The van der Waals surface area contributed by atoms with E-state index in [1.165, 1.54) is 0 Å². The van der Waals surface area contributed by atoms with Gasteiger partial charge in [0, 0.05) is 6.21 Å². The number of ether oxygens (including phenoxy) is 1. The minimum Gasteiger partial charge on any atom is -0.508 e. The van der Waals surface area contributed by atoms with Crippen LogP contribution in [0.5, 0.6) is 5.75 Å². The number of phenolic OH excluding ortho intramolecular Hbond substituents is 1. The summed E-state index contributed by atoms with van der Waals surface area (Å²) in [5.41, 5.74) is 2.17. The Morgan fingerprint density at radius 3 is 2.45 bits per heavy atom. The second-order valence-electron chi connectivity index (χ2n) is 4.89. The quantitative estimate of drug-likeness (QED) is 0.496. The number of benzene rings is 2. The first-order chi connectivity index (χ1) is 10.7. The zero-order valence-electron chi connectivity index (χ0n) is 12.5. The maximum Gasteiger partial charge on any atom is 0.338 e. The fraction of sp³-hybridized carbons (Fsp3) is 0.222. The second-order valence-corrected chi connectivity index (χ2v) is 4.89. The molecule has 0 aliphatic heterocycles. The number of aliphatic imine (C=N–C) groups is 1. The van der Waals surface area contributed by atoms with Crippen LogP contribution in [-0.2, 0) is 4.74 Å². The number of esters is 1. The molecule has 4 nitrogen and oxygen atoms in total. The zero-order valence-corrected chi connectivity index (χ0v) is 12.5. The average molecular weight is 297 g/mol. The molecule has 0 aliphatic carbocycles. The topological polar surface area (TPSA) is 58.9 Å². The van der Waals surface area contributed by atoms with E-state index in [1.54, 1.807) is 54.7 Å². The van der Waals surface area contributed by atoms with Crippen LogP contribution in [0.1, 0.15) is 35.7 Å². The Balaban J connectivity index is 1.96. The highest BCUT2D eigenvalue weighted by atomic mass is 16.5. The SMILES string of the molecule is CCCCOC(=O)c1ccc(N=Cc2ccc(O)cc2)cc1. The van der Waals surface area contributed by atoms with E-state index in [4.69, 9.17) is 4.74 Å². The molecule has 0 bridgehead atoms. The predicted octanol–water partition coefficient (Wildman–Crippen LogP) is 4.10. The highest BCUT2D eigenvalue weighted by molar-refractivity contribution is 5.90. The molecule has 0 saturated heterocycles. The summed E-state index contributed by atoms with van der Waals surface area (Å²) in [6.45, 7) is 2.50. The van der Waals surface area contributed by atoms with Crippen molar-refractivity contribution in [3.8, 4) is 5.75 Å². The molecule has 0 aromatic heterocycles. The maximum absolute atomic E-state index is 11.8. The largest absolute Gasteiger partial charge is 0.508 e. The number of aromatic hydroxyl groups is 1. The number of phenols is 1. The van der Waals surface area contributed by atoms with Gasteiger partial charge in [0.1, 0.15) is 5.75 Å². The van der Waals surface area contributed by atoms with Crippen molar-refractivity contribution in [3.63, 3.8) is 0 Å². The van der Waals surface area contributed by atoms with Crippen molar-refractivity contribution in [2.24, 2.45) is 4.99 Å². The van der Waals surface area contributed by atoms with Crippen LogP contribution in [-0.4, -0.2) is 23.9 Å². The van der Waals surface area contributed by atoms with Gasteiger partial charge in [-0.3, -0.25) is 4.99 Å². The van der Waals surface area contributed by atoms with Gasteiger partial charge >= 0.3 is 5.97 Å². The van der Waals surface area contributed by atoms with Crippen LogP contribution >= 0.6 is 0 Å². The third-order valence-corrected chi connectivity index (χ3v) is 3.09. The minimum atomic E-state index is -0.303. The third-order valence-electron chi connectivity index (χ3n) is 3.09. The molecule has 0 saturated carbocycles. The molecular weight excluding hydrogens is 278 g/mol. The minimum absolute atomic E-state index is 0.225. The van der Waals surface area contributed by atoms with Gasteiger partial charge in [-0.2, -0.15) is 0 Å². The number of carbonyl (C=O) groups is 1. The molecule has 4 heteroatoms. The molecule has 0 heterocycles. The third kappa shape index (κ3) is 4.74. The summed E-state index contributed by atoms with van der Waals surface area (Å²) in [5.74, 6) is -0.0781. The van der Waals surface area contributed by atoms with Gasteiger partial charge in [-0.05, 0) is 60.5 Å². The van der Waals surface area contributed by atoms with Crippen molar-refractivity contribution in [3.05, 3.63) is 59.7 Å². The molecule has 0 unspecified atom stereocenters. The lowest BCUT2D eigenvalue weighted by Gasteiger charge is -2.03. The summed E-state index contributed by atoms with van der Waals surface area (Å²) < 4.78 is 5.15. The summed E-state index contributed by atoms with van der Waals surface area (Å²) in [5, 5.41) is 9.21. The molecule has 0 atom stereocenters. The summed E-state index contributed by atoms with van der Waals surface area (Å²) in [6, 6.07) is 13.7. The molecule has 2 rings (SSSR count). The predicted molar refractivity (Wildman–Crippen MR) is 87.0 cm³/mol. The van der Waals surface area contributed by atoms with Crippen molar-refractivity contribution in [1.29, 1.82) is 0 Å². The molecule has 0 aliphatic rings. The monoisotopic (exact) mass is 297 g/mol. The van der Waals surface area contributed by atoms with E-state index in [1.807, 2.05) is 0 Å². The van der Waals surface area contributed by atoms with Crippen molar-refractivity contribution in [2.75, 3.05) is 6.61 Å². The van der Waals surface area contributed by atoms with Crippen molar-refractivity contribution in [2.45, 2.75) is 19.8 Å². The van der Waals surface area contributed by atoms with Gasteiger partial charge in [0.25, 0.3) is 0 Å². The Bertz CT molecular complexity index is 630. The van der Waals surface area contributed by atoms with Crippen LogP contribution in [0.4, 0.5) is 5.69 Å². The van der Waals surface area contributed by atoms with Gasteiger partial charge in [0.15, 0.2) is 0 Å². The van der Waals surface area contributed by atoms with E-state index in [9.17, 15) is 9.90 Å². The number of carbonyl (C=O) groups excluding carboxylic acids is 1. The van der Waals surface area contributed by atoms with Gasteiger partial charge in [-0.25, -0.2) is 4.79 Å². The Kier molecular flexibility index (Phi) is 5.72. The summed E-state index contributed by atoms with van der Waals surface area (Å²) in [7, 11) is 0. The van der Waals surface area contributed by atoms with E-state index in [0.717, 1.165) is 24.1 Å². The molecule has 0 fully saturated rings. The lowest BCUT2D eigenvalue weighted by Crippen LogP contribution is -2.05. The van der Waals surface area contributed by atoms with Crippen LogP contribution in [0.3, 0.4) is 0 Å². The van der Waals surface area contributed by atoms with Crippen LogP contribution in [0.2, 0.25) is 0 Å². The smallest absolute Gasteiger partial charge is 0.338 e. The van der Waals surface area contributed by atoms with Crippen molar-refractivity contribution < 1.29 is 14.6 Å². The standard InChI is InChI=1S/C18H19NO3/c1-2-3-12-22-18(21)15-6-8-16(9-7-15)19-13-14-4-10-17(20)11-5-14/h4-11,13,20H,2-3,12H2,1H3. The van der Waals surface area contributed by atoms with E-state index in [2.05, 4.69) is 11.9 Å². The Labute approximate surface area is 130 Å². The lowest BCUT2D eigenvalue weighted by molar-refractivity contribution is 0.0500. The molecule has 114 valence electrons. The van der Waals surface area contributed by atoms with E-state index >= 15 is 0 Å². The molecule has 1 N–H and O–H groups in total. The number of hydrogen-bond donors (Lipinski definition) is 1. The molecule has 2 aromatic carbocycles. The summed E-state index contributed by atoms with van der Waals surface area (Å²) >= 11 is 0. The number of rotatable bonds is 6. The van der Waals surface area contributed by atoms with Crippen LogP contribution in [0, 0.1) is 0 Å². The molecule has 0 spiro atoms. The Morgan fingerprint density at radius 1 is 1.14 bits per heavy atom. The fourth-order valence-electron chi connectivity index (χ4n) is 1.79. The first-order valence-corrected chi connectivity index (χ1v) is 7.29.